The first-order valence-corrected chi connectivity index (χ1v) is 5.44. The molecule has 3 N–H and O–H groups in total. The molecule has 1 heterocycles. The van der Waals surface area contributed by atoms with Gasteiger partial charge < -0.3 is 5.73 Å². The standard InChI is InChI=1S/C8H16N4S/c1-8(2,3)5-6(9)10-7(13-4)12-11-5/h7,12H,1-4H3,(H2,9,10)/t7-/m1/s1. The fraction of sp³-hybridized carbons (Fsp3) is 0.750. The van der Waals surface area contributed by atoms with Gasteiger partial charge in [0.1, 0.15) is 11.5 Å². The van der Waals surface area contributed by atoms with E-state index in [9.17, 15) is 0 Å². The molecule has 4 nitrogen and oxygen atoms in total. The van der Waals surface area contributed by atoms with Crippen molar-refractivity contribution in [1.29, 1.82) is 0 Å². The number of hydrogen-bond donors (Lipinski definition) is 2. The summed E-state index contributed by atoms with van der Waals surface area (Å²) in [5.74, 6) is 0.547. The molecule has 0 bridgehead atoms. The minimum Gasteiger partial charge on any atom is -0.382 e. The molecular formula is C8H16N4S. The molecule has 0 amide bonds. The average molecular weight is 200 g/mol. The van der Waals surface area contributed by atoms with Crippen molar-refractivity contribution in [3.8, 4) is 0 Å². The molecule has 0 aliphatic carbocycles. The van der Waals surface area contributed by atoms with Crippen LogP contribution >= 0.6 is 11.8 Å². The Labute approximate surface area is 83.1 Å². The molecular weight excluding hydrogens is 184 g/mol. The van der Waals surface area contributed by atoms with Gasteiger partial charge in [0.2, 0.25) is 0 Å². The van der Waals surface area contributed by atoms with E-state index in [0.717, 1.165) is 5.71 Å². The number of nitrogens with zero attached hydrogens (tertiary/aromatic N) is 2. The predicted molar refractivity (Wildman–Crippen MR) is 59.0 cm³/mol. The predicted octanol–water partition coefficient (Wildman–Crippen LogP) is 0.996. The maximum absolute atomic E-state index is 5.80. The summed E-state index contributed by atoms with van der Waals surface area (Å²) in [7, 11) is 0. The van der Waals surface area contributed by atoms with E-state index in [1.807, 2.05) is 6.26 Å². The first kappa shape index (κ1) is 10.4. The van der Waals surface area contributed by atoms with Gasteiger partial charge in [0.05, 0.1) is 0 Å². The second kappa shape index (κ2) is 3.57. The Morgan fingerprint density at radius 3 is 2.46 bits per heavy atom. The average Bonchev–Trinajstić information content (AvgIpc) is 2.01. The van der Waals surface area contributed by atoms with Crippen molar-refractivity contribution in [2.75, 3.05) is 6.26 Å². The number of amidine groups is 1. The molecule has 0 saturated carbocycles. The van der Waals surface area contributed by atoms with Crippen LogP contribution in [0.2, 0.25) is 0 Å². The quantitative estimate of drug-likeness (QED) is 0.663. The molecule has 74 valence electrons. The monoisotopic (exact) mass is 200 g/mol. The molecule has 0 aromatic rings. The van der Waals surface area contributed by atoms with Crippen LogP contribution in [0.1, 0.15) is 20.8 Å². The van der Waals surface area contributed by atoms with Gasteiger partial charge in [-0.2, -0.15) is 5.10 Å². The molecule has 0 aromatic carbocycles. The largest absolute Gasteiger partial charge is 0.382 e. The summed E-state index contributed by atoms with van der Waals surface area (Å²) in [5, 5.41) is 4.22. The minimum absolute atomic E-state index is 0.0360. The van der Waals surface area contributed by atoms with Gasteiger partial charge in [-0.15, -0.1) is 11.8 Å². The molecule has 5 heteroatoms. The van der Waals surface area contributed by atoms with Crippen molar-refractivity contribution in [3.63, 3.8) is 0 Å². The van der Waals surface area contributed by atoms with E-state index >= 15 is 0 Å². The van der Waals surface area contributed by atoms with Crippen LogP contribution in [0.15, 0.2) is 10.1 Å². The van der Waals surface area contributed by atoms with Crippen molar-refractivity contribution in [1.82, 2.24) is 5.43 Å². The highest BCUT2D eigenvalue weighted by Crippen LogP contribution is 2.19. The Balaban J connectivity index is 2.83. The Bertz CT molecular complexity index is 251. The number of hydrazone groups is 1. The SMILES string of the molecule is CS[C@@H]1N=C(N)C(C(C)(C)C)=NN1. The van der Waals surface area contributed by atoms with Gasteiger partial charge in [-0.05, 0) is 6.26 Å². The van der Waals surface area contributed by atoms with E-state index in [-0.39, 0.29) is 10.9 Å². The Kier molecular flexibility index (Phi) is 2.85. The number of thioether (sulfide) groups is 1. The van der Waals surface area contributed by atoms with Gasteiger partial charge >= 0.3 is 0 Å². The fourth-order valence-corrected chi connectivity index (χ4v) is 1.43. The third-order valence-electron chi connectivity index (χ3n) is 1.72. The summed E-state index contributed by atoms with van der Waals surface area (Å²) in [4.78, 5) is 4.26. The minimum atomic E-state index is -0.0516. The third kappa shape index (κ3) is 2.37. The van der Waals surface area contributed by atoms with Crippen molar-refractivity contribution in [2.24, 2.45) is 21.2 Å². The first-order chi connectivity index (χ1) is 5.95. The summed E-state index contributed by atoms with van der Waals surface area (Å²) in [5.41, 5.74) is 9.48. The molecule has 0 saturated heterocycles. The van der Waals surface area contributed by atoms with Gasteiger partial charge in [0.25, 0.3) is 0 Å². The van der Waals surface area contributed by atoms with E-state index in [1.165, 1.54) is 0 Å². The van der Waals surface area contributed by atoms with E-state index in [4.69, 9.17) is 5.73 Å². The summed E-state index contributed by atoms with van der Waals surface area (Å²) in [6.07, 6.45) is 1.96. The molecule has 13 heavy (non-hydrogen) atoms. The third-order valence-corrected chi connectivity index (χ3v) is 2.38. The molecule has 1 aliphatic heterocycles. The van der Waals surface area contributed by atoms with Crippen LogP contribution in [0.3, 0.4) is 0 Å². The van der Waals surface area contributed by atoms with Gasteiger partial charge in [-0.1, -0.05) is 20.8 Å². The van der Waals surface area contributed by atoms with Crippen LogP contribution in [0.4, 0.5) is 0 Å². The highest BCUT2D eigenvalue weighted by Gasteiger charge is 2.26. The van der Waals surface area contributed by atoms with Crippen LogP contribution in [-0.4, -0.2) is 23.3 Å². The van der Waals surface area contributed by atoms with Crippen LogP contribution < -0.4 is 11.2 Å². The molecule has 0 spiro atoms. The molecule has 0 unspecified atom stereocenters. The van der Waals surface area contributed by atoms with Crippen molar-refractivity contribution in [2.45, 2.75) is 26.3 Å². The van der Waals surface area contributed by atoms with Gasteiger partial charge in [0.15, 0.2) is 5.50 Å². The normalized spacial score (nSPS) is 23.2. The lowest BCUT2D eigenvalue weighted by Gasteiger charge is -2.25. The summed E-state index contributed by atoms with van der Waals surface area (Å²) in [6, 6.07) is 0. The molecule has 1 rings (SSSR count). The van der Waals surface area contributed by atoms with Crippen LogP contribution in [-0.2, 0) is 0 Å². The Morgan fingerprint density at radius 1 is 1.46 bits per heavy atom. The number of nitrogens with one attached hydrogen (secondary N) is 1. The number of aliphatic imine (C=N–C) groups is 1. The molecule has 0 fully saturated rings. The lowest BCUT2D eigenvalue weighted by atomic mass is 9.89. The second-order valence-electron chi connectivity index (χ2n) is 3.94. The van der Waals surface area contributed by atoms with Gasteiger partial charge in [-0.25, -0.2) is 4.99 Å². The molecule has 0 aromatic heterocycles. The first-order valence-electron chi connectivity index (χ1n) is 4.15. The van der Waals surface area contributed by atoms with Gasteiger partial charge in [0, 0.05) is 5.41 Å². The maximum atomic E-state index is 5.80. The van der Waals surface area contributed by atoms with Crippen molar-refractivity contribution >= 4 is 23.3 Å². The number of rotatable bonds is 1. The topological polar surface area (TPSA) is 62.8 Å². The van der Waals surface area contributed by atoms with Crippen LogP contribution in [0, 0.1) is 5.41 Å². The maximum Gasteiger partial charge on any atom is 0.183 e. The van der Waals surface area contributed by atoms with Crippen molar-refractivity contribution in [3.05, 3.63) is 0 Å². The van der Waals surface area contributed by atoms with E-state index in [2.05, 4.69) is 36.3 Å². The molecule has 0 radical (unpaired) electrons. The number of nitrogens with two attached hydrogens (primary N) is 1. The summed E-state index contributed by atoms with van der Waals surface area (Å²) in [6.45, 7) is 6.19. The second-order valence-corrected chi connectivity index (χ2v) is 4.86. The lowest BCUT2D eigenvalue weighted by molar-refractivity contribution is 0.575. The van der Waals surface area contributed by atoms with Crippen LogP contribution in [0.25, 0.3) is 0 Å². The highest BCUT2D eigenvalue weighted by atomic mass is 32.2. The summed E-state index contributed by atoms with van der Waals surface area (Å²) >= 11 is 1.58. The smallest absolute Gasteiger partial charge is 0.183 e. The summed E-state index contributed by atoms with van der Waals surface area (Å²) < 4.78 is 0. The zero-order valence-electron chi connectivity index (χ0n) is 8.46. The molecule has 1 aliphatic rings. The van der Waals surface area contributed by atoms with Crippen LogP contribution in [0.5, 0.6) is 0 Å². The van der Waals surface area contributed by atoms with E-state index in [0.29, 0.717) is 5.84 Å². The van der Waals surface area contributed by atoms with Gasteiger partial charge in [-0.3, -0.25) is 5.43 Å². The fourth-order valence-electron chi connectivity index (χ4n) is 1.05. The Hall–Kier alpha value is -0.710. The Morgan fingerprint density at radius 2 is 2.08 bits per heavy atom. The van der Waals surface area contributed by atoms with Crippen molar-refractivity contribution < 1.29 is 0 Å². The zero-order valence-corrected chi connectivity index (χ0v) is 9.27. The molecule has 1 atom stereocenters. The number of hydrogen-bond acceptors (Lipinski definition) is 5. The highest BCUT2D eigenvalue weighted by molar-refractivity contribution is 7.99. The van der Waals surface area contributed by atoms with E-state index < -0.39 is 0 Å². The zero-order chi connectivity index (χ0) is 10.1. The van der Waals surface area contributed by atoms with E-state index in [1.54, 1.807) is 11.8 Å². The lowest BCUT2D eigenvalue weighted by Crippen LogP contribution is -2.42.